The Morgan fingerprint density at radius 3 is 3.05 bits per heavy atom. The lowest BCUT2D eigenvalue weighted by molar-refractivity contribution is 0.0437. The monoisotopic (exact) mass is 279 g/mol. The number of carboxylic acids is 1. The first-order valence-corrected chi connectivity index (χ1v) is 7.05. The van der Waals surface area contributed by atoms with Crippen molar-refractivity contribution in [2.75, 3.05) is 24.6 Å². The van der Waals surface area contributed by atoms with Crippen LogP contribution in [0.2, 0.25) is 0 Å². The lowest BCUT2D eigenvalue weighted by atomic mass is 10.1. The molecule has 0 aromatic carbocycles. The van der Waals surface area contributed by atoms with Crippen LogP contribution in [0.15, 0.2) is 6.20 Å². The van der Waals surface area contributed by atoms with E-state index in [0.717, 1.165) is 39.0 Å². The summed E-state index contributed by atoms with van der Waals surface area (Å²) in [5.41, 5.74) is 0.656. The number of carboxylic acid groups (broad SMARTS) is 1. The summed E-state index contributed by atoms with van der Waals surface area (Å²) in [5.74, 6) is -0.394. The van der Waals surface area contributed by atoms with Gasteiger partial charge in [0, 0.05) is 25.9 Å². The first-order chi connectivity index (χ1) is 9.61. The number of hydrogen-bond donors (Lipinski definition) is 1. The summed E-state index contributed by atoms with van der Waals surface area (Å²) in [6.07, 6.45) is 4.71. The van der Waals surface area contributed by atoms with Crippen LogP contribution in [0.25, 0.3) is 0 Å². The second-order valence-electron chi connectivity index (χ2n) is 5.06. The average Bonchev–Trinajstić information content (AvgIpc) is 2.45. The van der Waals surface area contributed by atoms with E-state index in [4.69, 9.17) is 9.84 Å². The van der Waals surface area contributed by atoms with Crippen molar-refractivity contribution in [1.82, 2.24) is 9.97 Å². The lowest BCUT2D eigenvalue weighted by Gasteiger charge is -2.32. The van der Waals surface area contributed by atoms with Gasteiger partial charge in [0.15, 0.2) is 0 Å². The molecule has 0 radical (unpaired) electrons. The molecule has 1 aromatic rings. The van der Waals surface area contributed by atoms with Crippen molar-refractivity contribution in [2.45, 2.75) is 39.2 Å². The van der Waals surface area contributed by atoms with Crippen LogP contribution in [0.3, 0.4) is 0 Å². The van der Waals surface area contributed by atoms with Gasteiger partial charge in [0.05, 0.1) is 17.4 Å². The molecular formula is C14H21N3O3. The lowest BCUT2D eigenvalue weighted by Crippen LogP contribution is -2.40. The second kappa shape index (κ2) is 6.65. The van der Waals surface area contributed by atoms with E-state index < -0.39 is 5.97 Å². The van der Waals surface area contributed by atoms with E-state index >= 15 is 0 Å². The quantitative estimate of drug-likeness (QED) is 0.887. The Morgan fingerprint density at radius 2 is 2.40 bits per heavy atom. The smallest absolute Gasteiger partial charge is 0.339 e. The molecule has 1 fully saturated rings. The van der Waals surface area contributed by atoms with Crippen molar-refractivity contribution in [3.63, 3.8) is 0 Å². The maximum Gasteiger partial charge on any atom is 0.339 e. The van der Waals surface area contributed by atoms with E-state index in [0.29, 0.717) is 11.6 Å². The second-order valence-corrected chi connectivity index (χ2v) is 5.06. The summed E-state index contributed by atoms with van der Waals surface area (Å²) in [6.45, 7) is 6.22. The van der Waals surface area contributed by atoms with E-state index in [9.17, 15) is 4.79 Å². The molecule has 1 unspecified atom stereocenters. The number of piperidine rings is 1. The molecule has 0 aliphatic carbocycles. The third-order valence-corrected chi connectivity index (χ3v) is 3.42. The predicted octanol–water partition coefficient (Wildman–Crippen LogP) is 1.88. The van der Waals surface area contributed by atoms with Crippen LogP contribution in [0.4, 0.5) is 5.95 Å². The Labute approximate surface area is 118 Å². The molecule has 2 rings (SSSR count). The van der Waals surface area contributed by atoms with Crippen LogP contribution in [0.1, 0.15) is 42.2 Å². The fraction of sp³-hybridized carbons (Fsp3) is 0.643. The molecule has 1 aliphatic heterocycles. The number of carbonyl (C=O) groups is 1. The van der Waals surface area contributed by atoms with E-state index in [1.807, 2.05) is 0 Å². The van der Waals surface area contributed by atoms with Gasteiger partial charge in [-0.25, -0.2) is 14.8 Å². The highest BCUT2D eigenvalue weighted by Crippen LogP contribution is 2.19. The normalized spacial score (nSPS) is 19.1. The molecule has 110 valence electrons. The van der Waals surface area contributed by atoms with Crippen molar-refractivity contribution in [2.24, 2.45) is 0 Å². The highest BCUT2D eigenvalue weighted by atomic mass is 16.5. The molecule has 20 heavy (non-hydrogen) atoms. The first-order valence-electron chi connectivity index (χ1n) is 7.05. The van der Waals surface area contributed by atoms with E-state index in [1.165, 1.54) is 6.20 Å². The summed E-state index contributed by atoms with van der Waals surface area (Å²) in [7, 11) is 0. The summed E-state index contributed by atoms with van der Waals surface area (Å²) in [4.78, 5) is 21.5. The van der Waals surface area contributed by atoms with Crippen molar-refractivity contribution in [3.8, 4) is 0 Å². The number of anilines is 1. The topological polar surface area (TPSA) is 75.5 Å². The summed E-state index contributed by atoms with van der Waals surface area (Å²) < 4.78 is 5.78. The van der Waals surface area contributed by atoms with E-state index in [2.05, 4.69) is 21.8 Å². The van der Waals surface area contributed by atoms with Gasteiger partial charge < -0.3 is 14.7 Å². The number of hydrogen-bond acceptors (Lipinski definition) is 5. The Morgan fingerprint density at radius 1 is 1.60 bits per heavy atom. The zero-order chi connectivity index (χ0) is 14.5. The maximum absolute atomic E-state index is 11.0. The Hall–Kier alpha value is -1.69. The zero-order valence-corrected chi connectivity index (χ0v) is 12.0. The Kier molecular flexibility index (Phi) is 4.89. The fourth-order valence-electron chi connectivity index (χ4n) is 2.36. The number of nitrogens with zero attached hydrogens (tertiary/aromatic N) is 3. The molecule has 2 heterocycles. The number of ether oxygens (including phenoxy) is 1. The number of aromatic carboxylic acids is 1. The van der Waals surface area contributed by atoms with Gasteiger partial charge in [0.1, 0.15) is 0 Å². The minimum Gasteiger partial charge on any atom is -0.478 e. The molecule has 6 nitrogen and oxygen atoms in total. The molecule has 1 N–H and O–H groups in total. The summed E-state index contributed by atoms with van der Waals surface area (Å²) >= 11 is 0. The van der Waals surface area contributed by atoms with Crippen LogP contribution in [0.5, 0.6) is 0 Å². The average molecular weight is 279 g/mol. The molecular weight excluding hydrogens is 258 g/mol. The highest BCUT2D eigenvalue weighted by molar-refractivity contribution is 5.88. The molecule has 6 heteroatoms. The Balaban J connectivity index is 2.07. The molecule has 0 amide bonds. The largest absolute Gasteiger partial charge is 0.478 e. The van der Waals surface area contributed by atoms with Crippen LogP contribution in [0, 0.1) is 6.92 Å². The molecule has 1 aromatic heterocycles. The van der Waals surface area contributed by atoms with Gasteiger partial charge in [0.2, 0.25) is 5.95 Å². The van der Waals surface area contributed by atoms with Crippen LogP contribution in [-0.2, 0) is 4.74 Å². The standard InChI is InChI=1S/C14H21N3O3/c1-3-7-20-11-5-4-6-17(9-11)14-15-8-12(13(18)19)10(2)16-14/h8,11H,3-7,9H2,1-2H3,(H,18,19). The molecule has 0 bridgehead atoms. The van der Waals surface area contributed by atoms with E-state index in [1.54, 1.807) is 6.92 Å². The third kappa shape index (κ3) is 3.45. The number of rotatable bonds is 5. The minimum atomic E-state index is -0.989. The number of aromatic nitrogens is 2. The summed E-state index contributed by atoms with van der Waals surface area (Å²) in [6, 6.07) is 0. The molecule has 1 aliphatic rings. The predicted molar refractivity (Wildman–Crippen MR) is 75.2 cm³/mol. The van der Waals surface area contributed by atoms with Crippen LogP contribution < -0.4 is 4.90 Å². The highest BCUT2D eigenvalue weighted by Gasteiger charge is 2.23. The van der Waals surface area contributed by atoms with Gasteiger partial charge in [-0.3, -0.25) is 0 Å². The van der Waals surface area contributed by atoms with Crippen LogP contribution >= 0.6 is 0 Å². The first kappa shape index (κ1) is 14.7. The maximum atomic E-state index is 11.0. The molecule has 1 atom stereocenters. The van der Waals surface area contributed by atoms with Crippen LogP contribution in [-0.4, -0.2) is 46.8 Å². The van der Waals surface area contributed by atoms with Gasteiger partial charge in [0.25, 0.3) is 0 Å². The SMILES string of the molecule is CCCOC1CCCN(c2ncc(C(=O)O)c(C)n2)C1. The summed E-state index contributed by atoms with van der Waals surface area (Å²) in [5, 5.41) is 8.99. The zero-order valence-electron chi connectivity index (χ0n) is 12.0. The van der Waals surface area contributed by atoms with Gasteiger partial charge in [-0.15, -0.1) is 0 Å². The molecule has 0 spiro atoms. The van der Waals surface area contributed by atoms with E-state index in [-0.39, 0.29) is 11.7 Å². The van der Waals surface area contributed by atoms with Crippen molar-refractivity contribution >= 4 is 11.9 Å². The van der Waals surface area contributed by atoms with Gasteiger partial charge in [-0.2, -0.15) is 0 Å². The fourth-order valence-corrected chi connectivity index (χ4v) is 2.36. The van der Waals surface area contributed by atoms with Gasteiger partial charge in [-0.1, -0.05) is 6.92 Å². The molecule has 1 saturated heterocycles. The number of aryl methyl sites for hydroxylation is 1. The van der Waals surface area contributed by atoms with Gasteiger partial charge in [-0.05, 0) is 26.2 Å². The minimum absolute atomic E-state index is 0.157. The van der Waals surface area contributed by atoms with Crippen molar-refractivity contribution in [1.29, 1.82) is 0 Å². The molecule has 0 saturated carbocycles. The van der Waals surface area contributed by atoms with Crippen molar-refractivity contribution < 1.29 is 14.6 Å². The third-order valence-electron chi connectivity index (χ3n) is 3.42. The van der Waals surface area contributed by atoms with Gasteiger partial charge >= 0.3 is 5.97 Å². The van der Waals surface area contributed by atoms with Crippen molar-refractivity contribution in [3.05, 3.63) is 17.5 Å². The Bertz CT molecular complexity index is 479.